The summed E-state index contributed by atoms with van der Waals surface area (Å²) in [7, 11) is 0. The number of hydrogen-bond acceptors (Lipinski definition) is 3. The molecular weight excluding hydrogens is 140 g/mol. The zero-order valence-corrected chi connectivity index (χ0v) is 5.81. The first kappa shape index (κ1) is 7.22. The molecule has 1 aromatic rings. The van der Waals surface area contributed by atoms with Crippen LogP contribution in [0.1, 0.15) is 5.82 Å². The molecule has 1 rings (SSSR count). The van der Waals surface area contributed by atoms with Gasteiger partial charge in [-0.15, -0.1) is 5.10 Å². The summed E-state index contributed by atoms with van der Waals surface area (Å²) in [5.74, 6) is 0.506. The third kappa shape index (κ3) is 1.76. The van der Waals surface area contributed by atoms with Crippen LogP contribution in [0, 0.1) is 11.3 Å². The molecule has 0 saturated carbocycles. The first-order valence-corrected chi connectivity index (χ1v) is 2.96. The van der Waals surface area contributed by atoms with Gasteiger partial charge in [0.1, 0.15) is 6.33 Å². The molecule has 4 nitrogen and oxygen atoms in total. The zero-order valence-electron chi connectivity index (χ0n) is 5.81. The van der Waals surface area contributed by atoms with Crippen LogP contribution in [0.25, 0.3) is 12.3 Å². The Morgan fingerprint density at radius 3 is 3.09 bits per heavy atom. The van der Waals surface area contributed by atoms with Gasteiger partial charge in [0.05, 0.1) is 6.07 Å². The van der Waals surface area contributed by atoms with Crippen molar-refractivity contribution in [2.75, 3.05) is 0 Å². The van der Waals surface area contributed by atoms with Gasteiger partial charge in [-0.1, -0.05) is 6.58 Å². The van der Waals surface area contributed by atoms with E-state index in [-0.39, 0.29) is 0 Å². The van der Waals surface area contributed by atoms with Crippen molar-refractivity contribution in [3.63, 3.8) is 0 Å². The maximum atomic E-state index is 8.17. The second kappa shape index (κ2) is 3.32. The Morgan fingerprint density at radius 2 is 2.55 bits per heavy atom. The van der Waals surface area contributed by atoms with E-state index in [1.807, 2.05) is 6.07 Å². The summed E-state index contributed by atoms with van der Waals surface area (Å²) < 4.78 is 1.47. The zero-order chi connectivity index (χ0) is 8.10. The van der Waals surface area contributed by atoms with Crippen LogP contribution in [0.4, 0.5) is 0 Å². The average molecular weight is 146 g/mol. The topological polar surface area (TPSA) is 54.5 Å². The molecule has 1 heterocycles. The van der Waals surface area contributed by atoms with Gasteiger partial charge >= 0.3 is 0 Å². The molecule has 1 aromatic heterocycles. The molecule has 0 bridgehead atoms. The van der Waals surface area contributed by atoms with Crippen molar-refractivity contribution in [2.45, 2.75) is 0 Å². The standard InChI is InChI=1S/C7H6N4/c1-2-11-6-9-7(10-11)4-3-5-8/h2-4,6H,1H2. The van der Waals surface area contributed by atoms with Crippen molar-refractivity contribution in [2.24, 2.45) is 0 Å². The van der Waals surface area contributed by atoms with Crippen molar-refractivity contribution < 1.29 is 0 Å². The van der Waals surface area contributed by atoms with Gasteiger partial charge in [0.25, 0.3) is 0 Å². The van der Waals surface area contributed by atoms with E-state index in [0.717, 1.165) is 0 Å². The van der Waals surface area contributed by atoms with Crippen LogP contribution >= 0.6 is 0 Å². The van der Waals surface area contributed by atoms with Crippen LogP contribution in [-0.2, 0) is 0 Å². The summed E-state index contributed by atoms with van der Waals surface area (Å²) in [5.41, 5.74) is 0. The summed E-state index contributed by atoms with van der Waals surface area (Å²) in [6.07, 6.45) is 5.89. The first-order valence-electron chi connectivity index (χ1n) is 2.96. The maximum absolute atomic E-state index is 8.17. The summed E-state index contributed by atoms with van der Waals surface area (Å²) in [4.78, 5) is 3.87. The molecule has 0 radical (unpaired) electrons. The molecule has 0 aromatic carbocycles. The van der Waals surface area contributed by atoms with Crippen LogP contribution in [-0.4, -0.2) is 14.8 Å². The lowest BCUT2D eigenvalue weighted by molar-refractivity contribution is 0.930. The summed E-state index contributed by atoms with van der Waals surface area (Å²) in [5, 5.41) is 12.1. The molecule has 0 aliphatic carbocycles. The third-order valence-electron chi connectivity index (χ3n) is 1.02. The van der Waals surface area contributed by atoms with E-state index in [4.69, 9.17) is 5.26 Å². The summed E-state index contributed by atoms with van der Waals surface area (Å²) in [6, 6.07) is 1.85. The molecular formula is C7H6N4. The molecule has 0 fully saturated rings. The average Bonchev–Trinajstić information content (AvgIpc) is 2.48. The maximum Gasteiger partial charge on any atom is 0.174 e. The van der Waals surface area contributed by atoms with E-state index in [0.29, 0.717) is 5.82 Å². The Morgan fingerprint density at radius 1 is 1.73 bits per heavy atom. The Kier molecular flexibility index (Phi) is 2.18. The molecule has 11 heavy (non-hydrogen) atoms. The van der Waals surface area contributed by atoms with Crippen LogP contribution < -0.4 is 0 Å². The van der Waals surface area contributed by atoms with Gasteiger partial charge in [-0.3, -0.25) is 0 Å². The molecule has 0 aliphatic rings. The van der Waals surface area contributed by atoms with Gasteiger partial charge in [0.2, 0.25) is 0 Å². The third-order valence-corrected chi connectivity index (χ3v) is 1.02. The second-order valence-corrected chi connectivity index (χ2v) is 1.73. The predicted molar refractivity (Wildman–Crippen MR) is 41.1 cm³/mol. The quantitative estimate of drug-likeness (QED) is 0.583. The fourth-order valence-electron chi connectivity index (χ4n) is 0.564. The Bertz CT molecular complexity index is 315. The molecule has 0 spiro atoms. The van der Waals surface area contributed by atoms with Crippen molar-refractivity contribution in [1.29, 1.82) is 5.26 Å². The second-order valence-electron chi connectivity index (χ2n) is 1.73. The van der Waals surface area contributed by atoms with Gasteiger partial charge in [0.15, 0.2) is 5.82 Å². The molecule has 0 saturated heterocycles. The van der Waals surface area contributed by atoms with E-state index in [2.05, 4.69) is 16.7 Å². The molecule has 4 heteroatoms. The van der Waals surface area contributed by atoms with Crippen molar-refractivity contribution >= 4 is 12.3 Å². The molecule has 0 N–H and O–H groups in total. The van der Waals surface area contributed by atoms with Gasteiger partial charge in [-0.25, -0.2) is 9.67 Å². The monoisotopic (exact) mass is 146 g/mol. The minimum absolute atomic E-state index is 0.506. The van der Waals surface area contributed by atoms with E-state index < -0.39 is 0 Å². The summed E-state index contributed by atoms with van der Waals surface area (Å²) >= 11 is 0. The van der Waals surface area contributed by atoms with Gasteiger partial charge in [-0.05, 0) is 6.08 Å². The van der Waals surface area contributed by atoms with Gasteiger partial charge in [-0.2, -0.15) is 5.26 Å². The number of hydrogen-bond donors (Lipinski definition) is 0. The molecule has 54 valence electrons. The predicted octanol–water partition coefficient (Wildman–Crippen LogP) is 0.915. The number of rotatable bonds is 2. The smallest absolute Gasteiger partial charge is 0.174 e. The lowest BCUT2D eigenvalue weighted by atomic mass is 10.5. The fraction of sp³-hybridized carbons (Fsp3) is 0. The van der Waals surface area contributed by atoms with Crippen LogP contribution in [0.15, 0.2) is 19.0 Å². The highest BCUT2D eigenvalue weighted by molar-refractivity contribution is 5.43. The van der Waals surface area contributed by atoms with Crippen LogP contribution in [0.3, 0.4) is 0 Å². The summed E-state index contributed by atoms with van der Waals surface area (Å²) in [6.45, 7) is 3.50. The molecule has 0 unspecified atom stereocenters. The lowest BCUT2D eigenvalue weighted by Crippen LogP contribution is -1.84. The number of aromatic nitrogens is 3. The largest absolute Gasteiger partial charge is 0.228 e. The number of nitriles is 1. The Hall–Kier alpha value is -1.89. The normalized spacial score (nSPS) is 9.73. The van der Waals surface area contributed by atoms with Crippen molar-refractivity contribution in [3.8, 4) is 6.07 Å². The first-order chi connectivity index (χ1) is 5.36. The highest BCUT2D eigenvalue weighted by atomic mass is 15.3. The molecule has 0 aliphatic heterocycles. The van der Waals surface area contributed by atoms with Crippen molar-refractivity contribution in [3.05, 3.63) is 24.8 Å². The van der Waals surface area contributed by atoms with Gasteiger partial charge in [0, 0.05) is 12.3 Å². The van der Waals surface area contributed by atoms with Crippen LogP contribution in [0.5, 0.6) is 0 Å². The minimum atomic E-state index is 0.506. The van der Waals surface area contributed by atoms with Crippen LogP contribution in [0.2, 0.25) is 0 Å². The molecule has 0 amide bonds. The van der Waals surface area contributed by atoms with E-state index >= 15 is 0 Å². The highest BCUT2D eigenvalue weighted by Gasteiger charge is 1.90. The minimum Gasteiger partial charge on any atom is -0.228 e. The lowest BCUT2D eigenvalue weighted by Gasteiger charge is -1.81. The van der Waals surface area contributed by atoms with E-state index in [1.54, 1.807) is 0 Å². The fourth-order valence-corrected chi connectivity index (χ4v) is 0.564. The molecule has 0 atom stereocenters. The highest BCUT2D eigenvalue weighted by Crippen LogP contribution is 1.91. The number of nitrogens with zero attached hydrogens (tertiary/aromatic N) is 4. The van der Waals surface area contributed by atoms with Gasteiger partial charge < -0.3 is 0 Å². The SMILES string of the molecule is C=Cn1cnc(C=CC#N)n1. The Balaban J connectivity index is 2.82. The Labute approximate surface area is 64.1 Å². The van der Waals surface area contributed by atoms with E-state index in [9.17, 15) is 0 Å². The number of allylic oxidation sites excluding steroid dienone is 1. The van der Waals surface area contributed by atoms with E-state index in [1.165, 1.54) is 29.4 Å². The van der Waals surface area contributed by atoms with Crippen molar-refractivity contribution in [1.82, 2.24) is 14.8 Å².